The van der Waals surface area contributed by atoms with E-state index in [0.29, 0.717) is 12.8 Å². The van der Waals surface area contributed by atoms with Crippen LogP contribution < -0.4 is 5.32 Å². The molecule has 2 saturated heterocycles. The second kappa shape index (κ2) is 5.54. The number of rotatable bonds is 2. The third kappa shape index (κ3) is 3.46. The third-order valence-corrected chi connectivity index (χ3v) is 3.78. The number of carbonyl (C=O) groups excluding carboxylic acids is 2. The summed E-state index contributed by atoms with van der Waals surface area (Å²) in [5.41, 5.74) is -0.637. The van der Waals surface area contributed by atoms with Crippen molar-refractivity contribution in [3.63, 3.8) is 0 Å². The fourth-order valence-electron chi connectivity index (χ4n) is 3.01. The van der Waals surface area contributed by atoms with Gasteiger partial charge in [0.2, 0.25) is 5.91 Å². The number of ether oxygens (including phenoxy) is 1. The summed E-state index contributed by atoms with van der Waals surface area (Å²) >= 11 is 0. The minimum Gasteiger partial charge on any atom is -0.480 e. The maximum Gasteiger partial charge on any atom is 0.408 e. The molecule has 118 valence electrons. The molecule has 2 fully saturated rings. The van der Waals surface area contributed by atoms with Crippen molar-refractivity contribution in [3.8, 4) is 0 Å². The van der Waals surface area contributed by atoms with Crippen molar-refractivity contribution in [2.24, 2.45) is 0 Å². The predicted octanol–water partition coefficient (Wildman–Crippen LogP) is 1.12. The van der Waals surface area contributed by atoms with Gasteiger partial charge in [-0.05, 0) is 46.5 Å². The smallest absolute Gasteiger partial charge is 0.408 e. The van der Waals surface area contributed by atoms with Crippen LogP contribution in [0.4, 0.5) is 4.79 Å². The van der Waals surface area contributed by atoms with E-state index in [9.17, 15) is 19.5 Å². The molecular formula is C14H22N2O5. The first-order valence-corrected chi connectivity index (χ1v) is 7.23. The number of hydrogen-bond acceptors (Lipinski definition) is 4. The van der Waals surface area contributed by atoms with E-state index in [1.54, 1.807) is 20.8 Å². The van der Waals surface area contributed by atoms with Gasteiger partial charge in [0.25, 0.3) is 0 Å². The lowest BCUT2D eigenvalue weighted by atomic mass is 9.96. The van der Waals surface area contributed by atoms with Crippen LogP contribution >= 0.6 is 0 Å². The summed E-state index contributed by atoms with van der Waals surface area (Å²) in [6, 6.07) is -1.57. The number of nitrogens with zero attached hydrogens (tertiary/aromatic N) is 1. The standard InChI is InChI=1S/C14H22N2O5/c1-14(2,3)21-13(20)15-9-7-8-5-4-6-10(12(18)19)16(8)11(9)17/h8-10H,4-7H2,1-3H3,(H,15,20)(H,18,19)/t8-,9-,10-/m0/s1. The predicted molar refractivity (Wildman–Crippen MR) is 73.7 cm³/mol. The van der Waals surface area contributed by atoms with Gasteiger partial charge in [-0.2, -0.15) is 0 Å². The number of carboxylic acid groups (broad SMARTS) is 1. The number of carbonyl (C=O) groups is 3. The average Bonchev–Trinajstić information content (AvgIpc) is 2.63. The Bertz CT molecular complexity index is 457. The molecule has 0 aromatic rings. The fraction of sp³-hybridized carbons (Fsp3) is 0.786. The Kier molecular flexibility index (Phi) is 4.11. The minimum absolute atomic E-state index is 0.104. The Morgan fingerprint density at radius 3 is 2.57 bits per heavy atom. The molecule has 2 rings (SSSR count). The highest BCUT2D eigenvalue weighted by molar-refractivity contribution is 5.91. The SMILES string of the molecule is CC(C)(C)OC(=O)N[C@H]1C[C@@H]2CCC[C@@H](C(=O)O)N2C1=O. The number of fused-ring (bicyclic) bond motifs is 1. The zero-order chi connectivity index (χ0) is 15.8. The lowest BCUT2D eigenvalue weighted by Gasteiger charge is -2.34. The van der Waals surface area contributed by atoms with Crippen LogP contribution in [-0.2, 0) is 14.3 Å². The van der Waals surface area contributed by atoms with Crippen LogP contribution in [0.5, 0.6) is 0 Å². The first-order chi connectivity index (χ1) is 9.69. The molecule has 2 aliphatic heterocycles. The zero-order valence-corrected chi connectivity index (χ0v) is 12.6. The molecular weight excluding hydrogens is 276 g/mol. The number of carboxylic acids is 1. The Labute approximate surface area is 123 Å². The summed E-state index contributed by atoms with van der Waals surface area (Å²) < 4.78 is 5.14. The van der Waals surface area contributed by atoms with Gasteiger partial charge in [0.1, 0.15) is 17.7 Å². The van der Waals surface area contributed by atoms with Gasteiger partial charge >= 0.3 is 12.1 Å². The molecule has 3 atom stereocenters. The Morgan fingerprint density at radius 1 is 1.33 bits per heavy atom. The van der Waals surface area contributed by atoms with Crippen molar-refractivity contribution in [2.45, 2.75) is 70.2 Å². The van der Waals surface area contributed by atoms with Crippen molar-refractivity contribution in [2.75, 3.05) is 0 Å². The van der Waals surface area contributed by atoms with Gasteiger partial charge in [-0.3, -0.25) is 4.79 Å². The molecule has 0 aliphatic carbocycles. The van der Waals surface area contributed by atoms with Gasteiger partial charge in [-0.25, -0.2) is 9.59 Å². The molecule has 0 saturated carbocycles. The lowest BCUT2D eigenvalue weighted by Crippen LogP contribution is -2.51. The summed E-state index contributed by atoms with van der Waals surface area (Å²) in [6.45, 7) is 5.23. The summed E-state index contributed by atoms with van der Waals surface area (Å²) in [7, 11) is 0. The Hall–Kier alpha value is -1.79. The molecule has 2 aliphatic rings. The molecule has 21 heavy (non-hydrogen) atoms. The van der Waals surface area contributed by atoms with E-state index in [1.165, 1.54) is 4.90 Å². The molecule has 2 N–H and O–H groups in total. The number of alkyl carbamates (subject to hydrolysis) is 1. The number of amides is 2. The van der Waals surface area contributed by atoms with E-state index in [2.05, 4.69) is 5.32 Å². The maximum atomic E-state index is 12.3. The van der Waals surface area contributed by atoms with Gasteiger partial charge in [-0.15, -0.1) is 0 Å². The molecule has 7 heteroatoms. The van der Waals surface area contributed by atoms with Crippen LogP contribution in [0.1, 0.15) is 46.5 Å². The maximum absolute atomic E-state index is 12.3. The van der Waals surface area contributed by atoms with Crippen molar-refractivity contribution >= 4 is 18.0 Å². The van der Waals surface area contributed by atoms with Crippen LogP contribution in [0.3, 0.4) is 0 Å². The zero-order valence-electron chi connectivity index (χ0n) is 12.6. The molecule has 0 radical (unpaired) electrons. The van der Waals surface area contributed by atoms with E-state index in [1.807, 2.05) is 0 Å². The van der Waals surface area contributed by atoms with Crippen LogP contribution in [-0.4, -0.2) is 51.7 Å². The molecule has 0 spiro atoms. The molecule has 0 bridgehead atoms. The molecule has 0 unspecified atom stereocenters. The number of nitrogens with one attached hydrogen (secondary N) is 1. The van der Waals surface area contributed by atoms with Gasteiger partial charge in [-0.1, -0.05) is 0 Å². The number of aliphatic carboxylic acids is 1. The Balaban J connectivity index is 2.03. The first kappa shape index (κ1) is 15.6. The van der Waals surface area contributed by atoms with Gasteiger partial charge in [0, 0.05) is 6.04 Å². The summed E-state index contributed by atoms with van der Waals surface area (Å²) in [6.07, 6.45) is 1.83. The second-order valence-electron chi connectivity index (χ2n) is 6.62. The summed E-state index contributed by atoms with van der Waals surface area (Å²) in [5, 5.41) is 11.8. The second-order valence-corrected chi connectivity index (χ2v) is 6.62. The van der Waals surface area contributed by atoms with E-state index in [4.69, 9.17) is 4.74 Å². The van der Waals surface area contributed by atoms with E-state index in [0.717, 1.165) is 12.8 Å². The topological polar surface area (TPSA) is 95.9 Å². The number of piperidine rings is 1. The largest absolute Gasteiger partial charge is 0.480 e. The first-order valence-electron chi connectivity index (χ1n) is 7.23. The Morgan fingerprint density at radius 2 is 2.00 bits per heavy atom. The van der Waals surface area contributed by atoms with Crippen molar-refractivity contribution in [3.05, 3.63) is 0 Å². The normalized spacial score (nSPS) is 29.0. The minimum atomic E-state index is -0.981. The van der Waals surface area contributed by atoms with E-state index >= 15 is 0 Å². The van der Waals surface area contributed by atoms with Gasteiger partial charge in [0.15, 0.2) is 0 Å². The number of hydrogen-bond donors (Lipinski definition) is 2. The highest BCUT2D eigenvalue weighted by Crippen LogP contribution is 2.32. The van der Waals surface area contributed by atoms with E-state index in [-0.39, 0.29) is 11.9 Å². The molecule has 2 amide bonds. The monoisotopic (exact) mass is 298 g/mol. The van der Waals surface area contributed by atoms with Crippen LogP contribution in [0.15, 0.2) is 0 Å². The highest BCUT2D eigenvalue weighted by Gasteiger charge is 2.47. The average molecular weight is 298 g/mol. The van der Waals surface area contributed by atoms with Crippen molar-refractivity contribution in [1.29, 1.82) is 0 Å². The van der Waals surface area contributed by atoms with Crippen LogP contribution in [0.25, 0.3) is 0 Å². The van der Waals surface area contributed by atoms with Gasteiger partial charge < -0.3 is 20.1 Å². The molecule has 0 aromatic carbocycles. The highest BCUT2D eigenvalue weighted by atomic mass is 16.6. The lowest BCUT2D eigenvalue weighted by molar-refractivity contribution is -0.152. The third-order valence-electron chi connectivity index (χ3n) is 3.78. The van der Waals surface area contributed by atoms with E-state index < -0.39 is 29.7 Å². The van der Waals surface area contributed by atoms with Crippen molar-refractivity contribution < 1.29 is 24.2 Å². The quantitative estimate of drug-likeness (QED) is 0.796. The van der Waals surface area contributed by atoms with Crippen LogP contribution in [0.2, 0.25) is 0 Å². The fourth-order valence-corrected chi connectivity index (χ4v) is 3.01. The van der Waals surface area contributed by atoms with Crippen molar-refractivity contribution in [1.82, 2.24) is 10.2 Å². The van der Waals surface area contributed by atoms with Crippen LogP contribution in [0, 0.1) is 0 Å². The summed E-state index contributed by atoms with van der Waals surface area (Å²) in [5.74, 6) is -1.30. The molecule has 0 aromatic heterocycles. The molecule has 7 nitrogen and oxygen atoms in total. The summed E-state index contributed by atoms with van der Waals surface area (Å²) in [4.78, 5) is 36.8. The van der Waals surface area contributed by atoms with Gasteiger partial charge in [0.05, 0.1) is 0 Å². The molecule has 2 heterocycles.